The lowest BCUT2D eigenvalue weighted by Gasteiger charge is -2.14. The summed E-state index contributed by atoms with van der Waals surface area (Å²) >= 11 is 0. The van der Waals surface area contributed by atoms with E-state index < -0.39 is 27.6 Å². The number of hydrogen-bond acceptors (Lipinski definition) is 7. The molecule has 0 fully saturated rings. The Balaban J connectivity index is 1.89. The number of aryl methyl sites for hydroxylation is 1. The molecule has 1 heterocycles. The molecule has 13 heteroatoms. The van der Waals surface area contributed by atoms with Crippen molar-refractivity contribution in [2.45, 2.75) is 18.0 Å². The molecule has 1 aromatic heterocycles. The Kier molecular flexibility index (Phi) is 6.23. The van der Waals surface area contributed by atoms with Crippen molar-refractivity contribution in [3.63, 3.8) is 0 Å². The van der Waals surface area contributed by atoms with Crippen LogP contribution >= 0.6 is 0 Å². The summed E-state index contributed by atoms with van der Waals surface area (Å²) in [6.07, 6.45) is -3.65. The number of alkyl halides is 3. The average Bonchev–Trinajstić information content (AvgIpc) is 2.69. The van der Waals surface area contributed by atoms with Gasteiger partial charge in [0.1, 0.15) is 10.6 Å². The van der Waals surface area contributed by atoms with Gasteiger partial charge < -0.3 is 15.4 Å². The van der Waals surface area contributed by atoms with Crippen molar-refractivity contribution in [2.24, 2.45) is 5.14 Å². The van der Waals surface area contributed by atoms with Gasteiger partial charge >= 0.3 is 6.18 Å². The number of nitrogens with zero attached hydrogens (tertiary/aromatic N) is 2. The van der Waals surface area contributed by atoms with Gasteiger partial charge in [0, 0.05) is 11.4 Å². The fourth-order valence-corrected chi connectivity index (χ4v) is 3.60. The molecule has 0 aliphatic carbocycles. The lowest BCUT2D eigenvalue weighted by molar-refractivity contribution is -0.137. The van der Waals surface area contributed by atoms with Gasteiger partial charge in [-0.25, -0.2) is 22.9 Å². The minimum Gasteiger partial charge on any atom is -0.495 e. The first-order valence-electron chi connectivity index (χ1n) is 8.84. The molecule has 0 bridgehead atoms. The number of nitrogens with one attached hydrogen (secondary N) is 2. The highest BCUT2D eigenvalue weighted by molar-refractivity contribution is 7.89. The van der Waals surface area contributed by atoms with Crippen LogP contribution in [-0.2, 0) is 16.2 Å². The predicted octanol–water partition coefficient (Wildman–Crippen LogP) is 4.09. The Morgan fingerprint density at radius 1 is 1.06 bits per heavy atom. The standard InChI is InChI=1S/C19H17F4N5O3S/c1-10-7-13(8-15(16(10)31-2)32(24,29)30)27-18-25-9-14(20)17(28-18)26-12-5-3-11(4-6-12)19(21,22)23/h3-9H,1-2H3,(H2,24,29,30)(H2,25,26,27,28). The van der Waals surface area contributed by atoms with Crippen LogP contribution in [-0.4, -0.2) is 25.5 Å². The number of aromatic nitrogens is 2. The molecule has 8 nitrogen and oxygen atoms in total. The highest BCUT2D eigenvalue weighted by atomic mass is 32.2. The highest BCUT2D eigenvalue weighted by Crippen LogP contribution is 2.32. The Hall–Kier alpha value is -3.45. The zero-order valence-corrected chi connectivity index (χ0v) is 17.5. The fraction of sp³-hybridized carbons (Fsp3) is 0.158. The average molecular weight is 471 g/mol. The molecule has 32 heavy (non-hydrogen) atoms. The van der Waals surface area contributed by atoms with Gasteiger partial charge in [0.05, 0.1) is 18.9 Å². The third kappa shape index (κ3) is 5.23. The number of methoxy groups -OCH3 is 1. The number of primary sulfonamides is 1. The van der Waals surface area contributed by atoms with E-state index in [1.807, 2.05) is 0 Å². The van der Waals surface area contributed by atoms with Crippen molar-refractivity contribution in [3.8, 4) is 5.75 Å². The molecular weight excluding hydrogens is 454 g/mol. The molecule has 0 saturated heterocycles. The van der Waals surface area contributed by atoms with Crippen LogP contribution < -0.4 is 20.5 Å². The molecule has 0 aliphatic heterocycles. The molecule has 0 amide bonds. The van der Waals surface area contributed by atoms with E-state index in [-0.39, 0.29) is 33.8 Å². The fourth-order valence-electron chi connectivity index (χ4n) is 2.81. The van der Waals surface area contributed by atoms with Crippen molar-refractivity contribution in [3.05, 3.63) is 59.5 Å². The van der Waals surface area contributed by atoms with Crippen LogP contribution in [0.5, 0.6) is 5.75 Å². The number of halogens is 4. The summed E-state index contributed by atoms with van der Waals surface area (Å²) in [6, 6.07) is 6.69. The molecule has 0 aliphatic rings. The first kappa shape index (κ1) is 23.2. The van der Waals surface area contributed by atoms with Crippen LogP contribution in [0.4, 0.5) is 40.7 Å². The summed E-state index contributed by atoms with van der Waals surface area (Å²) < 4.78 is 81.0. The van der Waals surface area contributed by atoms with E-state index in [1.165, 1.54) is 13.2 Å². The lowest BCUT2D eigenvalue weighted by Crippen LogP contribution is -2.14. The smallest absolute Gasteiger partial charge is 0.416 e. The molecular formula is C19H17F4N5O3S. The normalized spacial score (nSPS) is 11.8. The van der Waals surface area contributed by atoms with E-state index in [9.17, 15) is 26.0 Å². The first-order chi connectivity index (χ1) is 14.9. The number of nitrogens with two attached hydrogens (primary N) is 1. The van der Waals surface area contributed by atoms with Gasteiger partial charge in [-0.3, -0.25) is 0 Å². The monoisotopic (exact) mass is 471 g/mol. The maximum Gasteiger partial charge on any atom is 0.416 e. The molecule has 3 aromatic rings. The summed E-state index contributed by atoms with van der Waals surface area (Å²) in [5.74, 6) is -1.20. The van der Waals surface area contributed by atoms with E-state index in [2.05, 4.69) is 20.6 Å². The predicted molar refractivity (Wildman–Crippen MR) is 109 cm³/mol. The molecule has 170 valence electrons. The first-order valence-corrected chi connectivity index (χ1v) is 10.4. The van der Waals surface area contributed by atoms with Gasteiger partial charge in [-0.1, -0.05) is 0 Å². The Morgan fingerprint density at radius 2 is 1.72 bits per heavy atom. The third-order valence-electron chi connectivity index (χ3n) is 4.23. The largest absolute Gasteiger partial charge is 0.495 e. The molecule has 0 saturated carbocycles. The summed E-state index contributed by atoms with van der Waals surface area (Å²) in [4.78, 5) is 7.47. The molecule has 3 rings (SSSR count). The van der Waals surface area contributed by atoms with Crippen molar-refractivity contribution in [1.29, 1.82) is 0 Å². The van der Waals surface area contributed by atoms with Crippen molar-refractivity contribution < 1.29 is 30.7 Å². The molecule has 0 radical (unpaired) electrons. The summed E-state index contributed by atoms with van der Waals surface area (Å²) in [5.41, 5.74) is -0.00129. The quantitative estimate of drug-likeness (QED) is 0.464. The number of rotatable bonds is 6. The number of sulfonamides is 1. The zero-order valence-electron chi connectivity index (χ0n) is 16.7. The molecule has 0 spiro atoms. The maximum absolute atomic E-state index is 14.1. The van der Waals surface area contributed by atoms with E-state index in [0.29, 0.717) is 5.56 Å². The minimum absolute atomic E-state index is 0.0720. The van der Waals surface area contributed by atoms with Crippen molar-refractivity contribution in [1.82, 2.24) is 9.97 Å². The van der Waals surface area contributed by atoms with Gasteiger partial charge in [-0.2, -0.15) is 18.2 Å². The van der Waals surface area contributed by atoms with Crippen LogP contribution in [0.3, 0.4) is 0 Å². The topological polar surface area (TPSA) is 119 Å². The van der Waals surface area contributed by atoms with E-state index in [0.717, 1.165) is 30.5 Å². The Labute approximate surface area is 180 Å². The summed E-state index contributed by atoms with van der Waals surface area (Å²) in [7, 11) is -2.81. The van der Waals surface area contributed by atoms with Gasteiger partial charge in [0.2, 0.25) is 16.0 Å². The highest BCUT2D eigenvalue weighted by Gasteiger charge is 2.30. The van der Waals surface area contributed by atoms with E-state index in [4.69, 9.17) is 9.88 Å². The zero-order chi connectivity index (χ0) is 23.7. The second kappa shape index (κ2) is 8.59. The van der Waals surface area contributed by atoms with E-state index in [1.54, 1.807) is 13.0 Å². The maximum atomic E-state index is 14.1. The second-order valence-corrected chi connectivity index (χ2v) is 8.11. The van der Waals surface area contributed by atoms with Crippen LogP contribution in [0.15, 0.2) is 47.5 Å². The van der Waals surface area contributed by atoms with Gasteiger partial charge in [-0.15, -0.1) is 0 Å². The number of hydrogen-bond donors (Lipinski definition) is 3. The second-order valence-electron chi connectivity index (χ2n) is 6.58. The molecule has 0 unspecified atom stereocenters. The molecule has 0 atom stereocenters. The third-order valence-corrected chi connectivity index (χ3v) is 5.14. The minimum atomic E-state index is -4.50. The number of benzene rings is 2. The van der Waals surface area contributed by atoms with Crippen LogP contribution in [0.2, 0.25) is 0 Å². The van der Waals surface area contributed by atoms with Crippen molar-refractivity contribution in [2.75, 3.05) is 17.7 Å². The lowest BCUT2D eigenvalue weighted by atomic mass is 10.2. The summed E-state index contributed by atoms with van der Waals surface area (Å²) in [6.45, 7) is 1.60. The van der Waals surface area contributed by atoms with Crippen LogP contribution in [0.1, 0.15) is 11.1 Å². The van der Waals surface area contributed by atoms with Gasteiger partial charge in [0.15, 0.2) is 11.6 Å². The number of ether oxygens (including phenoxy) is 1. The van der Waals surface area contributed by atoms with Gasteiger partial charge in [-0.05, 0) is 48.9 Å². The van der Waals surface area contributed by atoms with Crippen LogP contribution in [0, 0.1) is 12.7 Å². The summed E-state index contributed by atoms with van der Waals surface area (Å²) in [5, 5.41) is 10.5. The molecule has 2 aromatic carbocycles. The Morgan fingerprint density at radius 3 is 2.28 bits per heavy atom. The van der Waals surface area contributed by atoms with Gasteiger partial charge in [0.25, 0.3) is 0 Å². The SMILES string of the molecule is COc1c(C)cc(Nc2ncc(F)c(Nc3ccc(C(F)(F)F)cc3)n2)cc1S(N)(=O)=O. The van der Waals surface area contributed by atoms with E-state index >= 15 is 0 Å². The van der Waals surface area contributed by atoms with Crippen LogP contribution in [0.25, 0.3) is 0 Å². The van der Waals surface area contributed by atoms with Crippen molar-refractivity contribution >= 4 is 33.2 Å². The number of anilines is 4. The Bertz CT molecular complexity index is 1250. The molecule has 4 N–H and O–H groups in total.